The van der Waals surface area contributed by atoms with Crippen molar-refractivity contribution in [2.24, 2.45) is 0 Å². The molecule has 51 heavy (non-hydrogen) atoms. The summed E-state index contributed by atoms with van der Waals surface area (Å²) in [6.45, 7) is 10.8. The number of aliphatic carboxylic acids is 1. The predicted molar refractivity (Wildman–Crippen MR) is 159 cm³/mol. The normalized spacial score (nSPS) is 16.6. The van der Waals surface area contributed by atoms with Crippen LogP contribution in [0, 0.1) is 0 Å². The van der Waals surface area contributed by atoms with Crippen molar-refractivity contribution < 1.29 is 101 Å². The number of carboxylic acids is 1. The van der Waals surface area contributed by atoms with E-state index >= 15 is 0 Å². The Kier molecular flexibility index (Phi) is 18.8. The van der Waals surface area contributed by atoms with Gasteiger partial charge in [0, 0.05) is 0 Å². The maximum atomic E-state index is 12.4. The highest BCUT2D eigenvalue weighted by molar-refractivity contribution is 5.88. The molecular formula is C30H42O21. The zero-order chi connectivity index (χ0) is 39.9. The first kappa shape index (κ1) is 45.7. The Morgan fingerprint density at radius 2 is 0.431 bits per heavy atom. The molecule has 0 aromatic rings. The molecule has 0 unspecified atom stereocenters. The van der Waals surface area contributed by atoms with Gasteiger partial charge in [-0.25, -0.2) is 47.9 Å². The molecule has 0 aliphatic heterocycles. The number of aliphatic hydroxyl groups is 1. The number of esters is 9. The van der Waals surface area contributed by atoms with Crippen molar-refractivity contribution in [3.8, 4) is 0 Å². The second kappa shape index (κ2) is 21.0. The monoisotopic (exact) mass is 738 g/mol. The lowest BCUT2D eigenvalue weighted by molar-refractivity contribution is -0.189. The predicted octanol–water partition coefficient (Wildman–Crippen LogP) is -1.16. The summed E-state index contributed by atoms with van der Waals surface area (Å²) >= 11 is 0. The third-order valence-corrected chi connectivity index (χ3v) is 5.98. The van der Waals surface area contributed by atoms with Gasteiger partial charge in [-0.3, -0.25) is 0 Å². The van der Waals surface area contributed by atoms with Gasteiger partial charge >= 0.3 is 59.7 Å². The van der Waals surface area contributed by atoms with Gasteiger partial charge in [0.05, 0.1) is 0 Å². The van der Waals surface area contributed by atoms with Crippen molar-refractivity contribution in [2.75, 3.05) is 0 Å². The van der Waals surface area contributed by atoms with Crippen molar-refractivity contribution in [1.82, 2.24) is 0 Å². The first-order valence-electron chi connectivity index (χ1n) is 15.1. The number of carbonyl (C=O) groups excluding carboxylic acids is 9. The Balaban J connectivity index is 4.85. The van der Waals surface area contributed by atoms with Crippen LogP contribution in [0.4, 0.5) is 0 Å². The number of hydrogen-bond acceptors (Lipinski definition) is 20. The van der Waals surface area contributed by atoms with Crippen LogP contribution in [-0.2, 0) is 90.6 Å². The zero-order valence-electron chi connectivity index (χ0n) is 29.4. The number of ether oxygens (including phenoxy) is 9. The molecule has 0 rings (SSSR count). The molecule has 10 atom stereocenters. The van der Waals surface area contributed by atoms with Gasteiger partial charge in [-0.05, 0) is 69.2 Å². The molecule has 288 valence electrons. The highest BCUT2D eigenvalue weighted by Gasteiger charge is 2.34. The van der Waals surface area contributed by atoms with Crippen LogP contribution in [0.15, 0.2) is 0 Å². The third kappa shape index (κ3) is 16.3. The highest BCUT2D eigenvalue weighted by Crippen LogP contribution is 2.10. The van der Waals surface area contributed by atoms with E-state index in [2.05, 4.69) is 9.47 Å². The lowest BCUT2D eigenvalue weighted by atomic mass is 10.3. The summed E-state index contributed by atoms with van der Waals surface area (Å²) in [6.07, 6.45) is -15.9. The van der Waals surface area contributed by atoms with Gasteiger partial charge in [0.25, 0.3) is 0 Å². The standard InChI is InChI=1S/C30H42O21/c1-11(31)22(34)44-13(3)24(36)46-15(5)26(38)48-17(7)28(40)50-19(9)30(42)51-20(10)29(41)49-18(8)27(39)47-16(6)25(37)45-14(4)23(35)43-12(2)21(32)33/h11-20,31H,1-10H3,(H,32,33)/t11-,12-,13-,14-,15-,16-,17-,18-,19-,20-/m0/s1. The molecule has 0 spiro atoms. The molecular weight excluding hydrogens is 696 g/mol. The molecule has 0 bridgehead atoms. The van der Waals surface area contributed by atoms with Crippen LogP contribution in [0.2, 0.25) is 0 Å². The van der Waals surface area contributed by atoms with Gasteiger partial charge in [-0.15, -0.1) is 0 Å². The minimum atomic E-state index is -1.66. The Bertz CT molecular complexity index is 1320. The number of hydrogen-bond donors (Lipinski definition) is 2. The number of rotatable bonds is 19. The molecule has 21 nitrogen and oxygen atoms in total. The Morgan fingerprint density at radius 1 is 0.294 bits per heavy atom. The summed E-state index contributed by atoms with van der Waals surface area (Å²) in [5.74, 6) is -12.3. The van der Waals surface area contributed by atoms with E-state index in [-0.39, 0.29) is 0 Å². The first-order chi connectivity index (χ1) is 23.4. The average molecular weight is 739 g/mol. The van der Waals surface area contributed by atoms with Gasteiger partial charge in [0.1, 0.15) is 6.10 Å². The van der Waals surface area contributed by atoms with Crippen LogP contribution < -0.4 is 0 Å². The van der Waals surface area contributed by atoms with Gasteiger partial charge in [-0.1, -0.05) is 0 Å². The summed E-state index contributed by atoms with van der Waals surface area (Å²) in [5.41, 5.74) is 0. The SMILES string of the molecule is C[C@H](O)C(=O)O[C@@H](C)C(=O)O[C@@H](C)C(=O)O[C@@H](C)C(=O)O[C@@H](C)C(=O)O[C@@H](C)C(=O)O[C@@H](C)C(=O)O[C@@H](C)C(=O)O[C@@H](C)C(=O)O[C@@H](C)C(=O)O. The lowest BCUT2D eigenvalue weighted by Crippen LogP contribution is -2.40. The average Bonchev–Trinajstić information content (AvgIpc) is 3.03. The Hall–Kier alpha value is -5.34. The molecule has 0 aliphatic rings. The quantitative estimate of drug-likeness (QED) is 0.117. The van der Waals surface area contributed by atoms with E-state index in [1.165, 1.54) is 0 Å². The molecule has 0 amide bonds. The van der Waals surface area contributed by atoms with Gasteiger partial charge < -0.3 is 52.8 Å². The topological polar surface area (TPSA) is 294 Å². The fourth-order valence-corrected chi connectivity index (χ4v) is 2.87. The third-order valence-electron chi connectivity index (χ3n) is 5.98. The second-order valence-corrected chi connectivity index (χ2v) is 10.7. The van der Waals surface area contributed by atoms with E-state index in [0.717, 1.165) is 69.2 Å². The van der Waals surface area contributed by atoms with Crippen LogP contribution in [0.5, 0.6) is 0 Å². The molecule has 0 radical (unpaired) electrons. The van der Waals surface area contributed by atoms with E-state index in [4.69, 9.17) is 43.4 Å². The number of aliphatic hydroxyl groups excluding tert-OH is 1. The van der Waals surface area contributed by atoms with Crippen molar-refractivity contribution in [3.63, 3.8) is 0 Å². The van der Waals surface area contributed by atoms with Gasteiger partial charge in [0.2, 0.25) is 0 Å². The molecule has 0 aliphatic carbocycles. The first-order valence-corrected chi connectivity index (χ1v) is 15.1. The fourth-order valence-electron chi connectivity index (χ4n) is 2.87. The van der Waals surface area contributed by atoms with Crippen LogP contribution >= 0.6 is 0 Å². The maximum absolute atomic E-state index is 12.4. The largest absolute Gasteiger partial charge is 0.479 e. The van der Waals surface area contributed by atoms with E-state index in [1.807, 2.05) is 0 Å². The number of carboxylic acid groups (broad SMARTS) is 1. The van der Waals surface area contributed by atoms with Crippen molar-refractivity contribution in [1.29, 1.82) is 0 Å². The van der Waals surface area contributed by atoms with Gasteiger partial charge in [0.15, 0.2) is 54.9 Å². The summed E-state index contributed by atoms with van der Waals surface area (Å²) in [5, 5.41) is 17.9. The fraction of sp³-hybridized carbons (Fsp3) is 0.667. The summed E-state index contributed by atoms with van der Waals surface area (Å²) in [6, 6.07) is 0. The van der Waals surface area contributed by atoms with Gasteiger partial charge in [-0.2, -0.15) is 0 Å². The minimum absolute atomic E-state index is 1.05. The Morgan fingerprint density at radius 3 is 0.569 bits per heavy atom. The summed E-state index contributed by atoms with van der Waals surface area (Å²) in [7, 11) is 0. The van der Waals surface area contributed by atoms with Crippen LogP contribution in [0.25, 0.3) is 0 Å². The van der Waals surface area contributed by atoms with E-state index < -0.39 is 121 Å². The second-order valence-electron chi connectivity index (χ2n) is 10.7. The molecule has 2 N–H and O–H groups in total. The zero-order valence-corrected chi connectivity index (χ0v) is 29.4. The molecule has 0 heterocycles. The van der Waals surface area contributed by atoms with E-state index in [1.54, 1.807) is 0 Å². The molecule has 0 fully saturated rings. The summed E-state index contributed by atoms with van der Waals surface area (Å²) in [4.78, 5) is 120. The molecule has 0 aromatic carbocycles. The number of carbonyl (C=O) groups is 10. The van der Waals surface area contributed by atoms with Crippen LogP contribution in [0.3, 0.4) is 0 Å². The van der Waals surface area contributed by atoms with Crippen molar-refractivity contribution in [2.45, 2.75) is 130 Å². The van der Waals surface area contributed by atoms with E-state index in [0.29, 0.717) is 0 Å². The molecule has 0 saturated heterocycles. The van der Waals surface area contributed by atoms with Crippen molar-refractivity contribution in [3.05, 3.63) is 0 Å². The minimum Gasteiger partial charge on any atom is -0.479 e. The smallest absolute Gasteiger partial charge is 0.347 e. The van der Waals surface area contributed by atoms with E-state index in [9.17, 15) is 47.9 Å². The maximum Gasteiger partial charge on any atom is 0.347 e. The van der Waals surface area contributed by atoms with Crippen LogP contribution in [-0.4, -0.2) is 131 Å². The summed E-state index contributed by atoms with van der Waals surface area (Å²) < 4.78 is 43.1. The Labute approximate surface area is 291 Å². The molecule has 21 heteroatoms. The van der Waals surface area contributed by atoms with Crippen LogP contribution in [0.1, 0.15) is 69.2 Å². The lowest BCUT2D eigenvalue weighted by Gasteiger charge is -2.21. The molecule has 0 aromatic heterocycles. The van der Waals surface area contributed by atoms with Crippen molar-refractivity contribution >= 4 is 59.7 Å². The highest BCUT2D eigenvalue weighted by atomic mass is 16.7. The molecule has 0 saturated carbocycles.